The first-order valence-corrected chi connectivity index (χ1v) is 12.2. The number of H-pyrrole nitrogens is 2. The molecule has 3 heterocycles. The van der Waals surface area contributed by atoms with Crippen molar-refractivity contribution in [3.8, 4) is 17.1 Å². The highest BCUT2D eigenvalue weighted by Gasteiger charge is 2.22. The molecule has 0 bridgehead atoms. The zero-order chi connectivity index (χ0) is 23.9. The van der Waals surface area contributed by atoms with Crippen molar-refractivity contribution in [2.75, 3.05) is 0 Å². The van der Waals surface area contributed by atoms with Gasteiger partial charge in [0, 0.05) is 28.4 Å². The molecule has 6 rings (SSSR count). The van der Waals surface area contributed by atoms with Gasteiger partial charge in [-0.05, 0) is 49.7 Å². The fourth-order valence-corrected chi connectivity index (χ4v) is 5.21. The lowest BCUT2D eigenvalue weighted by Gasteiger charge is -2.14. The third kappa shape index (κ3) is 3.81. The SMILES string of the molecule is Cc1cccc(-n2c(S[C@@H](C)c3nc4ccccc4c(=O)[nH]3)nnc2-c2c[nH]c3ccccc23)c1. The Morgan fingerprint density at radius 2 is 1.74 bits per heavy atom. The van der Waals surface area contributed by atoms with Gasteiger partial charge < -0.3 is 9.97 Å². The zero-order valence-corrected chi connectivity index (χ0v) is 20.0. The Bertz CT molecular complexity index is 1750. The maximum Gasteiger partial charge on any atom is 0.258 e. The number of nitrogens with zero attached hydrogens (tertiary/aromatic N) is 4. The van der Waals surface area contributed by atoms with Gasteiger partial charge in [0.25, 0.3) is 5.56 Å². The summed E-state index contributed by atoms with van der Waals surface area (Å²) in [5.74, 6) is 1.36. The molecule has 0 radical (unpaired) electrons. The lowest BCUT2D eigenvalue weighted by Crippen LogP contribution is -2.13. The highest BCUT2D eigenvalue weighted by molar-refractivity contribution is 7.99. The van der Waals surface area contributed by atoms with Crippen molar-refractivity contribution in [3.63, 3.8) is 0 Å². The molecule has 0 spiro atoms. The summed E-state index contributed by atoms with van der Waals surface area (Å²) >= 11 is 1.51. The highest BCUT2D eigenvalue weighted by Crippen LogP contribution is 2.37. The van der Waals surface area contributed by atoms with Crippen LogP contribution in [0.2, 0.25) is 0 Å². The molecular weight excluding hydrogens is 456 g/mol. The maximum absolute atomic E-state index is 12.6. The van der Waals surface area contributed by atoms with E-state index in [1.807, 2.05) is 55.6 Å². The number of hydrogen-bond acceptors (Lipinski definition) is 5. The number of aryl methyl sites for hydroxylation is 1. The van der Waals surface area contributed by atoms with Crippen molar-refractivity contribution < 1.29 is 0 Å². The molecule has 0 saturated heterocycles. The molecule has 8 heteroatoms. The molecule has 6 aromatic rings. The third-order valence-corrected chi connectivity index (χ3v) is 7.07. The Morgan fingerprint density at radius 1 is 0.943 bits per heavy atom. The van der Waals surface area contributed by atoms with Crippen LogP contribution in [0.25, 0.3) is 38.9 Å². The first-order chi connectivity index (χ1) is 17.1. The average molecular weight is 479 g/mol. The molecule has 0 aliphatic heterocycles. The normalized spacial score (nSPS) is 12.4. The van der Waals surface area contributed by atoms with Crippen molar-refractivity contribution >= 4 is 33.6 Å². The first kappa shape index (κ1) is 21.4. The Hall–Kier alpha value is -4.17. The van der Waals surface area contributed by atoms with Crippen LogP contribution in [-0.2, 0) is 0 Å². The van der Waals surface area contributed by atoms with E-state index in [0.717, 1.165) is 38.7 Å². The molecule has 0 aliphatic rings. The standard InChI is InChI=1S/C27H22N6OS/c1-16-8-7-9-18(14-16)33-25(21-15-28-22-12-5-3-10-19(21)22)31-32-27(33)35-17(2)24-29-23-13-6-4-11-20(23)26(34)30-24/h3-15,17,28H,1-2H3,(H,29,30,34)/t17-/m0/s1. The van der Waals surface area contributed by atoms with E-state index in [0.29, 0.717) is 16.7 Å². The molecule has 0 aliphatic carbocycles. The van der Waals surface area contributed by atoms with E-state index in [9.17, 15) is 4.79 Å². The summed E-state index contributed by atoms with van der Waals surface area (Å²) in [6.45, 7) is 4.08. The van der Waals surface area contributed by atoms with Crippen molar-refractivity contribution in [2.24, 2.45) is 0 Å². The molecule has 1 atom stereocenters. The fraction of sp³-hybridized carbons (Fsp3) is 0.111. The smallest absolute Gasteiger partial charge is 0.258 e. The third-order valence-electron chi connectivity index (χ3n) is 6.02. The average Bonchev–Trinajstić information content (AvgIpc) is 3.48. The number of aromatic nitrogens is 6. The Balaban J connectivity index is 1.47. The second kappa shape index (κ2) is 8.56. The second-order valence-corrected chi connectivity index (χ2v) is 9.76. The molecule has 7 nitrogen and oxygen atoms in total. The maximum atomic E-state index is 12.6. The van der Waals surface area contributed by atoms with Gasteiger partial charge in [-0.3, -0.25) is 9.36 Å². The Kier molecular flexibility index (Phi) is 5.22. The van der Waals surface area contributed by atoms with E-state index in [2.05, 4.69) is 55.9 Å². The minimum Gasteiger partial charge on any atom is -0.360 e. The van der Waals surface area contributed by atoms with Gasteiger partial charge >= 0.3 is 0 Å². The van der Waals surface area contributed by atoms with E-state index in [-0.39, 0.29) is 10.8 Å². The second-order valence-electron chi connectivity index (χ2n) is 8.46. The predicted molar refractivity (Wildman–Crippen MR) is 140 cm³/mol. The van der Waals surface area contributed by atoms with Crippen LogP contribution in [0.4, 0.5) is 0 Å². The van der Waals surface area contributed by atoms with Crippen LogP contribution in [0.15, 0.2) is 88.9 Å². The molecule has 35 heavy (non-hydrogen) atoms. The van der Waals surface area contributed by atoms with Crippen LogP contribution in [0.1, 0.15) is 23.6 Å². The Morgan fingerprint density at radius 3 is 2.60 bits per heavy atom. The zero-order valence-electron chi connectivity index (χ0n) is 19.2. The number of aromatic amines is 2. The van der Waals surface area contributed by atoms with Gasteiger partial charge in [-0.25, -0.2) is 4.98 Å². The molecule has 0 amide bonds. The number of benzene rings is 3. The number of hydrogen-bond donors (Lipinski definition) is 2. The van der Waals surface area contributed by atoms with Crippen LogP contribution >= 0.6 is 11.8 Å². The van der Waals surface area contributed by atoms with E-state index in [1.165, 1.54) is 11.8 Å². The topological polar surface area (TPSA) is 92.2 Å². The number of nitrogens with one attached hydrogen (secondary N) is 2. The summed E-state index contributed by atoms with van der Waals surface area (Å²) in [5, 5.41) is 11.4. The van der Waals surface area contributed by atoms with Gasteiger partial charge in [-0.1, -0.05) is 54.2 Å². The van der Waals surface area contributed by atoms with Crippen molar-refractivity contribution in [1.29, 1.82) is 0 Å². The summed E-state index contributed by atoms with van der Waals surface area (Å²) in [6.07, 6.45) is 1.97. The molecular formula is C27H22N6OS. The number of fused-ring (bicyclic) bond motifs is 2. The van der Waals surface area contributed by atoms with Gasteiger partial charge in [-0.15, -0.1) is 10.2 Å². The van der Waals surface area contributed by atoms with Crippen molar-refractivity contribution in [3.05, 3.63) is 101 Å². The van der Waals surface area contributed by atoms with Gasteiger partial charge in [-0.2, -0.15) is 0 Å². The summed E-state index contributed by atoms with van der Waals surface area (Å²) in [6, 6.07) is 23.8. The lowest BCUT2D eigenvalue weighted by atomic mass is 10.1. The van der Waals surface area contributed by atoms with Crippen LogP contribution < -0.4 is 5.56 Å². The van der Waals surface area contributed by atoms with Gasteiger partial charge in [0.05, 0.1) is 16.2 Å². The van der Waals surface area contributed by atoms with Crippen molar-refractivity contribution in [1.82, 2.24) is 29.7 Å². The van der Waals surface area contributed by atoms with Crippen LogP contribution in [0.3, 0.4) is 0 Å². The number of thioether (sulfide) groups is 1. The predicted octanol–water partition coefficient (Wildman–Crippen LogP) is 5.81. The monoisotopic (exact) mass is 478 g/mol. The lowest BCUT2D eigenvalue weighted by molar-refractivity contribution is 0.862. The molecule has 0 fully saturated rings. The van der Waals surface area contributed by atoms with Gasteiger partial charge in [0.1, 0.15) is 5.82 Å². The molecule has 0 unspecified atom stereocenters. The van der Waals surface area contributed by atoms with E-state index < -0.39 is 0 Å². The number of para-hydroxylation sites is 2. The first-order valence-electron chi connectivity index (χ1n) is 11.3. The van der Waals surface area contributed by atoms with Crippen LogP contribution in [0.5, 0.6) is 0 Å². The largest absolute Gasteiger partial charge is 0.360 e. The molecule has 2 N–H and O–H groups in total. The quantitative estimate of drug-likeness (QED) is 0.305. The van der Waals surface area contributed by atoms with Crippen molar-refractivity contribution in [2.45, 2.75) is 24.3 Å². The summed E-state index contributed by atoms with van der Waals surface area (Å²) in [4.78, 5) is 23.6. The minimum atomic E-state index is -0.157. The summed E-state index contributed by atoms with van der Waals surface area (Å²) in [5.41, 5.74) is 4.68. The molecule has 3 aromatic heterocycles. The van der Waals surface area contributed by atoms with Gasteiger partial charge in [0.15, 0.2) is 11.0 Å². The number of rotatable bonds is 5. The molecule has 0 saturated carbocycles. The Labute approximate surface area is 205 Å². The van der Waals surface area contributed by atoms with Crippen LogP contribution in [-0.4, -0.2) is 29.7 Å². The summed E-state index contributed by atoms with van der Waals surface area (Å²) < 4.78 is 2.07. The van der Waals surface area contributed by atoms with E-state index in [4.69, 9.17) is 4.98 Å². The molecule has 172 valence electrons. The van der Waals surface area contributed by atoms with Gasteiger partial charge in [0.2, 0.25) is 0 Å². The van der Waals surface area contributed by atoms with E-state index in [1.54, 1.807) is 6.07 Å². The highest BCUT2D eigenvalue weighted by atomic mass is 32.2. The van der Waals surface area contributed by atoms with Crippen LogP contribution in [0, 0.1) is 6.92 Å². The fourth-order valence-electron chi connectivity index (χ4n) is 4.29. The molecule has 3 aromatic carbocycles. The van der Waals surface area contributed by atoms with E-state index >= 15 is 0 Å². The minimum absolute atomic E-state index is 0.141. The summed E-state index contributed by atoms with van der Waals surface area (Å²) in [7, 11) is 0.